The van der Waals surface area contributed by atoms with Crippen LogP contribution in [-0.4, -0.2) is 150 Å². The summed E-state index contributed by atoms with van der Waals surface area (Å²) in [6, 6.07) is 0. The predicted molar refractivity (Wildman–Crippen MR) is 196 cm³/mol. The normalized spacial score (nSPS) is 57.7. The molecule has 0 aromatic carbocycles. The molecule has 4 aliphatic carbocycles. The Kier molecular flexibility index (Phi) is 11.1. The monoisotopic (exact) mass is 786 g/mol. The van der Waals surface area contributed by atoms with Crippen LogP contribution in [0.15, 0.2) is 0 Å². The Morgan fingerprint density at radius 2 is 1.33 bits per heavy atom. The number of ether oxygens (including phenoxy) is 5. The van der Waals surface area contributed by atoms with E-state index in [0.717, 1.165) is 32.1 Å². The van der Waals surface area contributed by atoms with Crippen molar-refractivity contribution in [1.82, 2.24) is 0 Å². The molecule has 0 amide bonds. The highest BCUT2D eigenvalue weighted by atomic mass is 16.8. The van der Waals surface area contributed by atoms with Crippen LogP contribution >= 0.6 is 0 Å². The Bertz CT molecular complexity index is 1400. The lowest BCUT2D eigenvalue weighted by atomic mass is 9.35. The van der Waals surface area contributed by atoms with Gasteiger partial charge in [0, 0.05) is 6.42 Å². The molecular weight excluding hydrogens is 716 g/mol. The highest BCUT2D eigenvalue weighted by Crippen LogP contribution is 2.76. The lowest BCUT2D eigenvalue weighted by molar-refractivity contribution is -0.370. The Morgan fingerprint density at radius 1 is 0.655 bits per heavy atom. The summed E-state index contributed by atoms with van der Waals surface area (Å²) in [6.07, 6.45) is -9.59. The van der Waals surface area contributed by atoms with E-state index in [0.29, 0.717) is 19.3 Å². The van der Waals surface area contributed by atoms with Gasteiger partial charge in [-0.3, -0.25) is 0 Å². The SMILES string of the molecule is CC1(C)O[C@](C)([C@H]2CC[C@]3(C)[C@@H]2[C@H](O)C[C@@H]2[C@@]4(C)CC[C@H](O[C@@H]5O[C@H](CO)[C@@H](O)[C@H](O)[C@H]5O[C@@H]5OC[C@@H](O)[C@H](O)[C@H]5O)C(C)(C)[C@@H]4CC[C@]23C)C[C@H](O)[C@H]1O. The largest absolute Gasteiger partial charge is 0.394 e. The molecule has 14 nitrogen and oxygen atoms in total. The van der Waals surface area contributed by atoms with Crippen LogP contribution in [0.2, 0.25) is 0 Å². The van der Waals surface area contributed by atoms with Crippen LogP contribution in [0.25, 0.3) is 0 Å². The second-order valence-corrected chi connectivity index (χ2v) is 20.7. The lowest BCUT2D eigenvalue weighted by Gasteiger charge is -2.71. The minimum absolute atomic E-state index is 0.0218. The molecule has 318 valence electrons. The van der Waals surface area contributed by atoms with Gasteiger partial charge in [0.1, 0.15) is 48.8 Å². The number of hydrogen-bond acceptors (Lipinski definition) is 14. The summed E-state index contributed by atoms with van der Waals surface area (Å²) in [5.41, 5.74) is -2.46. The molecule has 3 saturated heterocycles. The van der Waals surface area contributed by atoms with Crippen molar-refractivity contribution in [2.75, 3.05) is 13.2 Å². The van der Waals surface area contributed by atoms with Gasteiger partial charge in [-0.05, 0) is 111 Å². The maximum atomic E-state index is 12.3. The van der Waals surface area contributed by atoms with Crippen LogP contribution in [0.1, 0.15) is 107 Å². The van der Waals surface area contributed by atoms with Crippen LogP contribution < -0.4 is 0 Å². The fourth-order valence-electron chi connectivity index (χ4n) is 14.1. The van der Waals surface area contributed by atoms with E-state index in [1.54, 1.807) is 0 Å². The number of fused-ring (bicyclic) bond motifs is 5. The Morgan fingerprint density at radius 3 is 1.98 bits per heavy atom. The summed E-state index contributed by atoms with van der Waals surface area (Å²) in [4.78, 5) is 0. The molecule has 55 heavy (non-hydrogen) atoms. The fraction of sp³-hybridized carbons (Fsp3) is 1.00. The summed E-state index contributed by atoms with van der Waals surface area (Å²) in [6.45, 7) is 16.4. The van der Waals surface area contributed by atoms with Crippen molar-refractivity contribution in [1.29, 1.82) is 0 Å². The van der Waals surface area contributed by atoms with E-state index < -0.39 is 103 Å². The molecule has 9 N–H and O–H groups in total. The zero-order chi connectivity index (χ0) is 40.4. The molecule has 0 spiro atoms. The van der Waals surface area contributed by atoms with Gasteiger partial charge in [0.15, 0.2) is 12.6 Å². The van der Waals surface area contributed by atoms with Gasteiger partial charge < -0.3 is 69.6 Å². The van der Waals surface area contributed by atoms with E-state index in [2.05, 4.69) is 41.5 Å². The van der Waals surface area contributed by atoms with E-state index in [1.165, 1.54) is 0 Å². The third-order valence-corrected chi connectivity index (χ3v) is 17.2. The van der Waals surface area contributed by atoms with E-state index in [4.69, 9.17) is 23.7 Å². The molecule has 7 fully saturated rings. The van der Waals surface area contributed by atoms with Gasteiger partial charge in [0.2, 0.25) is 0 Å². The molecule has 4 saturated carbocycles. The average molecular weight is 787 g/mol. The Labute approximate surface area is 325 Å². The summed E-state index contributed by atoms with van der Waals surface area (Å²) in [5, 5.41) is 97.0. The highest BCUT2D eigenvalue weighted by molar-refractivity contribution is 5.21. The third kappa shape index (κ3) is 6.42. The number of aliphatic hydroxyl groups excluding tert-OH is 9. The highest BCUT2D eigenvalue weighted by Gasteiger charge is 2.72. The van der Waals surface area contributed by atoms with Crippen LogP contribution in [-0.2, 0) is 23.7 Å². The summed E-state index contributed by atoms with van der Waals surface area (Å²) in [5.74, 6) is 0.392. The van der Waals surface area contributed by atoms with Gasteiger partial charge in [0.25, 0.3) is 0 Å². The third-order valence-electron chi connectivity index (χ3n) is 17.2. The first-order chi connectivity index (χ1) is 25.5. The van der Waals surface area contributed by atoms with Crippen LogP contribution in [0.4, 0.5) is 0 Å². The van der Waals surface area contributed by atoms with E-state index in [1.807, 2.05) is 13.8 Å². The number of hydrogen-bond donors (Lipinski definition) is 9. The van der Waals surface area contributed by atoms with E-state index >= 15 is 0 Å². The summed E-state index contributed by atoms with van der Waals surface area (Å²) < 4.78 is 30.9. The topological polar surface area (TPSA) is 228 Å². The smallest absolute Gasteiger partial charge is 0.187 e. The van der Waals surface area contributed by atoms with Crippen molar-refractivity contribution in [3.63, 3.8) is 0 Å². The molecule has 7 aliphatic rings. The maximum absolute atomic E-state index is 12.3. The minimum Gasteiger partial charge on any atom is -0.394 e. The van der Waals surface area contributed by atoms with Gasteiger partial charge in [-0.1, -0.05) is 34.6 Å². The molecule has 3 aliphatic heterocycles. The molecule has 0 bridgehead atoms. The lowest BCUT2D eigenvalue weighted by Crippen LogP contribution is -2.68. The van der Waals surface area contributed by atoms with Crippen molar-refractivity contribution >= 4 is 0 Å². The first-order valence-corrected chi connectivity index (χ1v) is 20.8. The molecule has 21 atom stereocenters. The molecule has 14 heteroatoms. The standard InChI is InChI=1S/C41H70O14/c1-36(2)24-10-14-39(6)25(15-20(43)27-19(9-13-40(27,39)7)41(8)16-21(44)33(50)37(3,4)55-41)38(24,5)12-11-26(36)53-35-32(30(48)29(47)23(17-42)52-35)54-34-31(49)28(46)22(45)18-51-34/h19-35,42-50H,9-18H2,1-8H3/t19-,20+,21-,22+,23+,24-,25+,26-,27-,28-,29+,30-,31+,32+,33+,34-,35-,38-,39+,40+,41-/m0/s1. The van der Waals surface area contributed by atoms with Crippen molar-refractivity contribution in [2.24, 2.45) is 45.3 Å². The summed E-state index contributed by atoms with van der Waals surface area (Å²) >= 11 is 0. The molecule has 0 aromatic heterocycles. The van der Waals surface area contributed by atoms with Gasteiger partial charge in [-0.2, -0.15) is 0 Å². The van der Waals surface area contributed by atoms with Gasteiger partial charge in [0.05, 0.1) is 42.7 Å². The minimum atomic E-state index is -1.64. The molecule has 3 heterocycles. The molecule has 0 aromatic rings. The fourth-order valence-corrected chi connectivity index (χ4v) is 14.1. The van der Waals surface area contributed by atoms with Crippen LogP contribution in [0.5, 0.6) is 0 Å². The van der Waals surface area contributed by atoms with Gasteiger partial charge in [-0.15, -0.1) is 0 Å². The van der Waals surface area contributed by atoms with Crippen molar-refractivity contribution < 1.29 is 69.6 Å². The first-order valence-electron chi connectivity index (χ1n) is 20.8. The first kappa shape index (κ1) is 42.6. The average Bonchev–Trinajstić information content (AvgIpc) is 3.49. The second-order valence-electron chi connectivity index (χ2n) is 20.7. The molecule has 0 unspecified atom stereocenters. The van der Waals surface area contributed by atoms with Crippen LogP contribution in [0, 0.1) is 45.3 Å². The molecular formula is C41H70O14. The number of rotatable bonds is 6. The second kappa shape index (κ2) is 14.3. The summed E-state index contributed by atoms with van der Waals surface area (Å²) in [7, 11) is 0. The zero-order valence-corrected chi connectivity index (χ0v) is 34.0. The predicted octanol–water partition coefficient (Wildman–Crippen LogP) is 0.970. The Hall–Kier alpha value is -0.560. The Balaban J connectivity index is 1.12. The quantitative estimate of drug-likeness (QED) is 0.171. The van der Waals surface area contributed by atoms with Crippen molar-refractivity contribution in [3.05, 3.63) is 0 Å². The number of aliphatic hydroxyl groups is 9. The van der Waals surface area contributed by atoms with E-state index in [9.17, 15) is 46.0 Å². The van der Waals surface area contributed by atoms with Crippen LogP contribution in [0.3, 0.4) is 0 Å². The van der Waals surface area contributed by atoms with Gasteiger partial charge in [-0.25, -0.2) is 0 Å². The molecule has 0 radical (unpaired) electrons. The van der Waals surface area contributed by atoms with Crippen molar-refractivity contribution in [3.8, 4) is 0 Å². The van der Waals surface area contributed by atoms with Gasteiger partial charge >= 0.3 is 0 Å². The van der Waals surface area contributed by atoms with Crippen molar-refractivity contribution in [2.45, 2.75) is 198 Å². The maximum Gasteiger partial charge on any atom is 0.187 e. The molecule has 7 rings (SSSR count). The zero-order valence-electron chi connectivity index (χ0n) is 34.0. The van der Waals surface area contributed by atoms with E-state index in [-0.39, 0.29) is 46.5 Å².